The van der Waals surface area contributed by atoms with Crippen molar-refractivity contribution in [3.63, 3.8) is 0 Å². The number of unbranched alkanes of at least 4 members (excludes halogenated alkanes) is 1. The van der Waals surface area contributed by atoms with Crippen LogP contribution >= 0.6 is 0 Å². The highest BCUT2D eigenvalue weighted by Gasteiger charge is 2.37. The highest BCUT2D eigenvalue weighted by atomic mass is 32.2. The lowest BCUT2D eigenvalue weighted by Gasteiger charge is -2.20. The molecule has 0 aromatic rings. The van der Waals surface area contributed by atoms with Crippen LogP contribution in [0.25, 0.3) is 0 Å². The molecular weight excluding hydrogens is 237 g/mol. The molecule has 1 fully saturated rings. The van der Waals surface area contributed by atoms with E-state index in [9.17, 15) is 17.6 Å². The first kappa shape index (κ1) is 13.4. The Balaban J connectivity index is 2.63. The van der Waals surface area contributed by atoms with Gasteiger partial charge in [0.25, 0.3) is 0 Å². The normalized spacial score (nSPS) is 22.4. The maximum absolute atomic E-state index is 11.8. The van der Waals surface area contributed by atoms with Gasteiger partial charge in [-0.15, -0.1) is 0 Å². The van der Waals surface area contributed by atoms with Gasteiger partial charge in [-0.2, -0.15) is 4.31 Å². The van der Waals surface area contributed by atoms with Gasteiger partial charge in [-0.25, -0.2) is 8.42 Å². The van der Waals surface area contributed by atoms with Gasteiger partial charge in [-0.1, -0.05) is 0 Å². The van der Waals surface area contributed by atoms with Crippen molar-refractivity contribution in [3.8, 4) is 0 Å². The molecule has 1 aliphatic rings. The summed E-state index contributed by atoms with van der Waals surface area (Å²) in [5.41, 5.74) is 0. The van der Waals surface area contributed by atoms with E-state index in [2.05, 4.69) is 0 Å². The lowest BCUT2D eigenvalue weighted by molar-refractivity contribution is -0.140. The van der Waals surface area contributed by atoms with Crippen LogP contribution in [0.3, 0.4) is 0 Å². The van der Waals surface area contributed by atoms with Crippen LogP contribution < -0.4 is 0 Å². The number of sulfonamides is 1. The summed E-state index contributed by atoms with van der Waals surface area (Å²) >= 11 is 0. The van der Waals surface area contributed by atoms with Crippen molar-refractivity contribution in [1.82, 2.24) is 4.31 Å². The largest absolute Gasteiger partial charge is 0.480 e. The number of halogens is 1. The standard InChI is InChI=1S/C9H16FNO4S/c10-5-1-2-7-16(14,15)11-6-3-4-8(11)9(12)13/h8H,1-7H2,(H,12,13)/t8-/m0/s1. The van der Waals surface area contributed by atoms with Crippen LogP contribution in [-0.4, -0.2) is 48.8 Å². The minimum Gasteiger partial charge on any atom is -0.480 e. The molecule has 0 aliphatic carbocycles. The summed E-state index contributed by atoms with van der Waals surface area (Å²) in [5.74, 6) is -1.27. The molecule has 0 bridgehead atoms. The Morgan fingerprint density at radius 2 is 2.12 bits per heavy atom. The second-order valence-electron chi connectivity index (χ2n) is 3.82. The number of rotatable bonds is 6. The monoisotopic (exact) mass is 253 g/mol. The van der Waals surface area contributed by atoms with Crippen LogP contribution in [0.4, 0.5) is 4.39 Å². The third-order valence-corrected chi connectivity index (χ3v) is 4.59. The fourth-order valence-corrected chi connectivity index (χ4v) is 3.61. The molecule has 0 saturated carbocycles. The molecule has 1 atom stereocenters. The van der Waals surface area contributed by atoms with Crippen LogP contribution in [0.2, 0.25) is 0 Å². The van der Waals surface area contributed by atoms with Crippen LogP contribution in [0, 0.1) is 0 Å². The minimum atomic E-state index is -3.54. The molecule has 1 rings (SSSR count). The van der Waals surface area contributed by atoms with Crippen molar-refractivity contribution < 1.29 is 22.7 Å². The van der Waals surface area contributed by atoms with Crippen LogP contribution in [0.5, 0.6) is 0 Å². The smallest absolute Gasteiger partial charge is 0.322 e. The van der Waals surface area contributed by atoms with E-state index < -0.39 is 28.7 Å². The molecule has 0 aromatic carbocycles. The van der Waals surface area contributed by atoms with Gasteiger partial charge in [0.05, 0.1) is 12.4 Å². The molecule has 94 valence electrons. The number of aliphatic carboxylic acids is 1. The van der Waals surface area contributed by atoms with Crippen LogP contribution in [0.15, 0.2) is 0 Å². The molecular formula is C9H16FNO4S. The molecule has 7 heteroatoms. The van der Waals surface area contributed by atoms with Crippen molar-refractivity contribution in [2.75, 3.05) is 19.0 Å². The van der Waals surface area contributed by atoms with E-state index in [1.165, 1.54) is 0 Å². The molecule has 1 aliphatic heterocycles. The van der Waals surface area contributed by atoms with Gasteiger partial charge in [0.15, 0.2) is 0 Å². The lowest BCUT2D eigenvalue weighted by atomic mass is 10.2. The zero-order chi connectivity index (χ0) is 12.2. The topological polar surface area (TPSA) is 74.7 Å². The van der Waals surface area contributed by atoms with Crippen molar-refractivity contribution in [1.29, 1.82) is 0 Å². The minimum absolute atomic E-state index is 0.166. The van der Waals surface area contributed by atoms with Gasteiger partial charge in [-0.3, -0.25) is 9.18 Å². The summed E-state index contributed by atoms with van der Waals surface area (Å²) in [5, 5.41) is 8.85. The predicted octanol–water partition coefficient (Wildman–Crippen LogP) is 0.615. The van der Waals surface area contributed by atoms with E-state index in [0.29, 0.717) is 12.8 Å². The van der Waals surface area contributed by atoms with Crippen molar-refractivity contribution in [2.45, 2.75) is 31.7 Å². The maximum atomic E-state index is 11.8. The number of carbonyl (C=O) groups is 1. The van der Waals surface area contributed by atoms with Crippen molar-refractivity contribution in [2.24, 2.45) is 0 Å². The van der Waals surface area contributed by atoms with Gasteiger partial charge in [-0.05, 0) is 25.7 Å². The average Bonchev–Trinajstić information content (AvgIpc) is 2.66. The zero-order valence-corrected chi connectivity index (χ0v) is 9.75. The summed E-state index contributed by atoms with van der Waals surface area (Å²) in [6.07, 6.45) is 1.36. The van der Waals surface area contributed by atoms with Gasteiger partial charge in [0.2, 0.25) is 10.0 Å². The molecule has 1 N–H and O–H groups in total. The van der Waals surface area contributed by atoms with E-state index in [-0.39, 0.29) is 25.1 Å². The van der Waals surface area contributed by atoms with Crippen molar-refractivity contribution in [3.05, 3.63) is 0 Å². The summed E-state index contributed by atoms with van der Waals surface area (Å²) < 4.78 is 36.4. The van der Waals surface area contributed by atoms with Gasteiger partial charge in [0.1, 0.15) is 6.04 Å². The first-order valence-electron chi connectivity index (χ1n) is 5.27. The Labute approximate surface area is 94.3 Å². The summed E-state index contributed by atoms with van der Waals surface area (Å²) in [7, 11) is -3.54. The maximum Gasteiger partial charge on any atom is 0.322 e. The molecule has 0 spiro atoms. The third kappa shape index (κ3) is 3.15. The molecule has 5 nitrogen and oxygen atoms in total. The summed E-state index contributed by atoms with van der Waals surface area (Å²) in [6.45, 7) is -0.285. The van der Waals surface area contributed by atoms with E-state index >= 15 is 0 Å². The number of alkyl halides is 1. The highest BCUT2D eigenvalue weighted by Crippen LogP contribution is 2.22. The summed E-state index contributed by atoms with van der Waals surface area (Å²) in [6, 6.07) is -0.935. The Morgan fingerprint density at radius 3 is 2.69 bits per heavy atom. The number of hydrogen-bond donors (Lipinski definition) is 1. The van der Waals surface area contributed by atoms with Crippen LogP contribution in [-0.2, 0) is 14.8 Å². The zero-order valence-electron chi connectivity index (χ0n) is 8.93. The number of carboxylic acids is 1. The molecule has 16 heavy (non-hydrogen) atoms. The fourth-order valence-electron chi connectivity index (χ4n) is 1.82. The average molecular weight is 253 g/mol. The first-order chi connectivity index (χ1) is 7.49. The quantitative estimate of drug-likeness (QED) is 0.704. The molecule has 1 saturated heterocycles. The molecule has 1 heterocycles. The van der Waals surface area contributed by atoms with Crippen molar-refractivity contribution >= 4 is 16.0 Å². The first-order valence-corrected chi connectivity index (χ1v) is 6.88. The van der Waals surface area contributed by atoms with E-state index in [1.807, 2.05) is 0 Å². The number of nitrogens with zero attached hydrogens (tertiary/aromatic N) is 1. The predicted molar refractivity (Wildman–Crippen MR) is 56.4 cm³/mol. The summed E-state index contributed by atoms with van der Waals surface area (Å²) in [4.78, 5) is 10.8. The van der Waals surface area contributed by atoms with E-state index in [4.69, 9.17) is 5.11 Å². The SMILES string of the molecule is O=C(O)[C@@H]1CCCN1S(=O)(=O)CCCCF. The Morgan fingerprint density at radius 1 is 1.44 bits per heavy atom. The van der Waals surface area contributed by atoms with Gasteiger partial charge >= 0.3 is 5.97 Å². The molecule has 0 aromatic heterocycles. The highest BCUT2D eigenvalue weighted by molar-refractivity contribution is 7.89. The van der Waals surface area contributed by atoms with E-state index in [0.717, 1.165) is 4.31 Å². The molecule has 0 amide bonds. The van der Waals surface area contributed by atoms with Gasteiger partial charge in [0, 0.05) is 6.54 Å². The number of hydrogen-bond acceptors (Lipinski definition) is 3. The van der Waals surface area contributed by atoms with E-state index in [1.54, 1.807) is 0 Å². The Bertz CT molecular complexity index is 343. The molecule has 0 radical (unpaired) electrons. The second-order valence-corrected chi connectivity index (χ2v) is 5.86. The van der Waals surface area contributed by atoms with Gasteiger partial charge < -0.3 is 5.11 Å². The number of carboxylic acid groups (broad SMARTS) is 1. The second kappa shape index (κ2) is 5.58. The Hall–Kier alpha value is -0.690. The fraction of sp³-hybridized carbons (Fsp3) is 0.889. The lowest BCUT2D eigenvalue weighted by Crippen LogP contribution is -2.41. The third-order valence-electron chi connectivity index (χ3n) is 2.63. The van der Waals surface area contributed by atoms with Crippen LogP contribution in [0.1, 0.15) is 25.7 Å². The Kier molecular flexibility index (Phi) is 4.67. The molecule has 0 unspecified atom stereocenters.